The van der Waals surface area contributed by atoms with Crippen molar-refractivity contribution in [1.82, 2.24) is 0 Å². The number of ether oxygens (including phenoxy) is 1. The summed E-state index contributed by atoms with van der Waals surface area (Å²) in [5.41, 5.74) is 5.54. The van der Waals surface area contributed by atoms with E-state index in [4.69, 9.17) is 15.7 Å². The Balaban J connectivity index is 2.39. The van der Waals surface area contributed by atoms with Gasteiger partial charge in [-0.1, -0.05) is 0 Å². The number of nitrogens with two attached hydrogens (primary N) is 1. The summed E-state index contributed by atoms with van der Waals surface area (Å²) in [6.45, 7) is 0.263. The van der Waals surface area contributed by atoms with E-state index in [1.165, 1.54) is 24.3 Å². The summed E-state index contributed by atoms with van der Waals surface area (Å²) in [6, 6.07) is 7.31. The minimum atomic E-state index is -0.307. The number of hydrogen-bond donors (Lipinski definition) is 1. The van der Waals surface area contributed by atoms with Crippen LogP contribution in [0.25, 0.3) is 0 Å². The largest absolute Gasteiger partial charge is 0.492 e. The molecule has 0 saturated carbocycles. The zero-order valence-electron chi connectivity index (χ0n) is 7.61. The summed E-state index contributed by atoms with van der Waals surface area (Å²) in [6.07, 6.45) is 0.251. The van der Waals surface area contributed by atoms with E-state index in [0.717, 1.165) is 0 Å². The molecular formula is C10H11FN2O. The molecule has 1 aromatic carbocycles. The van der Waals surface area contributed by atoms with Crippen LogP contribution in [0.5, 0.6) is 5.75 Å². The number of nitrogens with zero attached hydrogens (tertiary/aromatic N) is 1. The minimum Gasteiger partial charge on any atom is -0.492 e. The Labute approximate surface area is 81.9 Å². The molecule has 74 valence electrons. The van der Waals surface area contributed by atoms with E-state index in [0.29, 0.717) is 5.75 Å². The van der Waals surface area contributed by atoms with Gasteiger partial charge in [0.05, 0.1) is 18.5 Å². The number of halogens is 1. The van der Waals surface area contributed by atoms with Crippen LogP contribution in [0.4, 0.5) is 4.39 Å². The Morgan fingerprint density at radius 3 is 2.64 bits per heavy atom. The fraction of sp³-hybridized carbons (Fsp3) is 0.300. The summed E-state index contributed by atoms with van der Waals surface area (Å²) in [5.74, 6) is 0.249. The van der Waals surface area contributed by atoms with Crippen molar-refractivity contribution in [3.63, 3.8) is 0 Å². The van der Waals surface area contributed by atoms with Gasteiger partial charge >= 0.3 is 0 Å². The van der Waals surface area contributed by atoms with Gasteiger partial charge in [-0.05, 0) is 24.3 Å². The summed E-state index contributed by atoms with van der Waals surface area (Å²) >= 11 is 0. The molecule has 0 aliphatic heterocycles. The topological polar surface area (TPSA) is 59.0 Å². The van der Waals surface area contributed by atoms with Gasteiger partial charge in [-0.25, -0.2) is 4.39 Å². The Bertz CT molecular complexity index is 318. The van der Waals surface area contributed by atoms with Crippen LogP contribution < -0.4 is 10.5 Å². The average Bonchev–Trinajstić information content (AvgIpc) is 2.17. The lowest BCUT2D eigenvalue weighted by molar-refractivity contribution is 0.289. The Hall–Kier alpha value is -1.60. The van der Waals surface area contributed by atoms with Gasteiger partial charge in [-0.15, -0.1) is 0 Å². The van der Waals surface area contributed by atoms with Gasteiger partial charge in [0.15, 0.2) is 0 Å². The van der Waals surface area contributed by atoms with Gasteiger partial charge in [0.1, 0.15) is 18.2 Å². The standard InChI is InChI=1S/C10H11FN2O/c11-8-1-3-10(4-2-8)14-7-9(13)5-6-12/h1-4,9H,5,7,13H2. The molecular weight excluding hydrogens is 183 g/mol. The molecule has 14 heavy (non-hydrogen) atoms. The van der Waals surface area contributed by atoms with Gasteiger partial charge in [-0.2, -0.15) is 5.26 Å². The molecule has 0 radical (unpaired) electrons. The van der Waals surface area contributed by atoms with Crippen LogP contribution in [0.15, 0.2) is 24.3 Å². The molecule has 1 atom stereocenters. The van der Waals surface area contributed by atoms with Crippen molar-refractivity contribution >= 4 is 0 Å². The van der Waals surface area contributed by atoms with Crippen LogP contribution in [0.2, 0.25) is 0 Å². The normalized spacial score (nSPS) is 11.8. The molecule has 1 rings (SSSR count). The van der Waals surface area contributed by atoms with Gasteiger partial charge in [-0.3, -0.25) is 0 Å². The highest BCUT2D eigenvalue weighted by Crippen LogP contribution is 2.11. The Morgan fingerprint density at radius 2 is 2.07 bits per heavy atom. The molecule has 4 heteroatoms. The lowest BCUT2D eigenvalue weighted by atomic mass is 10.2. The highest BCUT2D eigenvalue weighted by Gasteiger charge is 2.02. The van der Waals surface area contributed by atoms with Crippen molar-refractivity contribution in [2.24, 2.45) is 5.73 Å². The van der Waals surface area contributed by atoms with Crippen molar-refractivity contribution in [1.29, 1.82) is 5.26 Å². The number of hydrogen-bond acceptors (Lipinski definition) is 3. The molecule has 0 fully saturated rings. The van der Waals surface area contributed by atoms with Crippen molar-refractivity contribution < 1.29 is 9.13 Å². The SMILES string of the molecule is N#CCC(N)COc1ccc(F)cc1. The van der Waals surface area contributed by atoms with E-state index in [-0.39, 0.29) is 24.9 Å². The van der Waals surface area contributed by atoms with Crippen molar-refractivity contribution in [2.45, 2.75) is 12.5 Å². The Morgan fingerprint density at radius 1 is 1.43 bits per heavy atom. The molecule has 0 bridgehead atoms. The van der Waals surface area contributed by atoms with Gasteiger partial charge in [0, 0.05) is 0 Å². The van der Waals surface area contributed by atoms with Crippen LogP contribution in [0.3, 0.4) is 0 Å². The second kappa shape index (κ2) is 5.20. The van der Waals surface area contributed by atoms with Crippen LogP contribution in [-0.2, 0) is 0 Å². The highest BCUT2D eigenvalue weighted by atomic mass is 19.1. The molecule has 0 aliphatic rings. The van der Waals surface area contributed by atoms with Crippen LogP contribution in [-0.4, -0.2) is 12.6 Å². The highest BCUT2D eigenvalue weighted by molar-refractivity contribution is 5.22. The molecule has 0 saturated heterocycles. The number of benzene rings is 1. The third kappa shape index (κ3) is 3.42. The number of nitriles is 1. The van der Waals surface area contributed by atoms with Crippen LogP contribution in [0.1, 0.15) is 6.42 Å². The molecule has 1 aromatic rings. The predicted octanol–water partition coefficient (Wildman–Crippen LogP) is 1.45. The van der Waals surface area contributed by atoms with E-state index in [1.807, 2.05) is 6.07 Å². The summed E-state index contributed by atoms with van der Waals surface area (Å²) in [4.78, 5) is 0. The van der Waals surface area contributed by atoms with Crippen LogP contribution >= 0.6 is 0 Å². The zero-order chi connectivity index (χ0) is 10.4. The first-order valence-electron chi connectivity index (χ1n) is 4.23. The predicted molar refractivity (Wildman–Crippen MR) is 50.1 cm³/mol. The average molecular weight is 194 g/mol. The quantitative estimate of drug-likeness (QED) is 0.789. The first kappa shape index (κ1) is 10.5. The summed E-state index contributed by atoms with van der Waals surface area (Å²) in [7, 11) is 0. The molecule has 0 amide bonds. The zero-order valence-corrected chi connectivity index (χ0v) is 7.61. The maximum atomic E-state index is 12.5. The van der Waals surface area contributed by atoms with E-state index < -0.39 is 0 Å². The molecule has 2 N–H and O–H groups in total. The van der Waals surface area contributed by atoms with Gasteiger partial charge < -0.3 is 10.5 Å². The fourth-order valence-corrected chi connectivity index (χ4v) is 0.910. The van der Waals surface area contributed by atoms with E-state index in [1.54, 1.807) is 0 Å². The maximum absolute atomic E-state index is 12.5. The lowest BCUT2D eigenvalue weighted by Crippen LogP contribution is -2.27. The maximum Gasteiger partial charge on any atom is 0.123 e. The second-order valence-corrected chi connectivity index (χ2v) is 2.89. The first-order valence-corrected chi connectivity index (χ1v) is 4.23. The van der Waals surface area contributed by atoms with Gasteiger partial charge in [0.2, 0.25) is 0 Å². The molecule has 3 nitrogen and oxygen atoms in total. The Kier molecular flexibility index (Phi) is 3.89. The van der Waals surface area contributed by atoms with Crippen LogP contribution in [0, 0.1) is 17.1 Å². The van der Waals surface area contributed by atoms with E-state index in [2.05, 4.69) is 0 Å². The van der Waals surface area contributed by atoms with E-state index >= 15 is 0 Å². The summed E-state index contributed by atoms with van der Waals surface area (Å²) in [5, 5.41) is 8.34. The molecule has 0 aromatic heterocycles. The van der Waals surface area contributed by atoms with Crippen molar-refractivity contribution in [3.8, 4) is 11.8 Å². The van der Waals surface area contributed by atoms with Crippen molar-refractivity contribution in [2.75, 3.05) is 6.61 Å². The number of rotatable bonds is 4. The third-order valence-corrected chi connectivity index (χ3v) is 1.63. The molecule has 0 spiro atoms. The molecule has 1 unspecified atom stereocenters. The molecule has 0 aliphatic carbocycles. The third-order valence-electron chi connectivity index (χ3n) is 1.63. The smallest absolute Gasteiger partial charge is 0.123 e. The first-order chi connectivity index (χ1) is 6.72. The minimum absolute atomic E-state index is 0.251. The lowest BCUT2D eigenvalue weighted by Gasteiger charge is -2.09. The van der Waals surface area contributed by atoms with Gasteiger partial charge in [0.25, 0.3) is 0 Å². The van der Waals surface area contributed by atoms with E-state index in [9.17, 15) is 4.39 Å². The second-order valence-electron chi connectivity index (χ2n) is 2.89. The fourth-order valence-electron chi connectivity index (χ4n) is 0.910. The summed E-state index contributed by atoms with van der Waals surface area (Å²) < 4.78 is 17.7. The monoisotopic (exact) mass is 194 g/mol. The molecule has 0 heterocycles. The van der Waals surface area contributed by atoms with Crippen molar-refractivity contribution in [3.05, 3.63) is 30.1 Å².